The Morgan fingerprint density at radius 1 is 1.07 bits per heavy atom. The number of sulfonamides is 1. The Morgan fingerprint density at radius 3 is 2.62 bits per heavy atom. The number of ether oxygens (including phenoxy) is 1. The highest BCUT2D eigenvalue weighted by atomic mass is 32.2. The summed E-state index contributed by atoms with van der Waals surface area (Å²) in [6.45, 7) is 4.79. The van der Waals surface area contributed by atoms with Crippen LogP contribution in [0.5, 0.6) is 0 Å². The summed E-state index contributed by atoms with van der Waals surface area (Å²) in [6.07, 6.45) is 1.24. The van der Waals surface area contributed by atoms with Gasteiger partial charge in [0.25, 0.3) is 0 Å². The molecular weight excluding hydrogens is 390 g/mol. The normalized spacial score (nSPS) is 21.4. The van der Waals surface area contributed by atoms with Crippen molar-refractivity contribution in [3.05, 3.63) is 42.5 Å². The van der Waals surface area contributed by atoms with Crippen molar-refractivity contribution in [1.29, 1.82) is 0 Å². The maximum absolute atomic E-state index is 13.2. The number of nitrogens with zero attached hydrogens (tertiary/aromatic N) is 2. The van der Waals surface area contributed by atoms with E-state index in [0.29, 0.717) is 39.1 Å². The molecule has 2 aliphatic heterocycles. The first-order valence-corrected chi connectivity index (χ1v) is 11.6. The molecule has 1 N–H and O–H groups in total. The predicted octanol–water partition coefficient (Wildman–Crippen LogP) is 1.44. The minimum atomic E-state index is -3.72. The van der Waals surface area contributed by atoms with Crippen LogP contribution < -0.4 is 5.32 Å². The molecule has 2 heterocycles. The Bertz CT molecular complexity index is 973. The Morgan fingerprint density at radius 2 is 1.83 bits per heavy atom. The fraction of sp³-hybridized carbons (Fsp3) is 0.476. The molecule has 29 heavy (non-hydrogen) atoms. The van der Waals surface area contributed by atoms with Crippen LogP contribution in [0, 0.1) is 0 Å². The molecule has 4 rings (SSSR count). The van der Waals surface area contributed by atoms with E-state index in [1.165, 1.54) is 4.31 Å². The van der Waals surface area contributed by atoms with Crippen molar-refractivity contribution in [3.63, 3.8) is 0 Å². The average molecular weight is 418 g/mol. The summed E-state index contributed by atoms with van der Waals surface area (Å²) in [7, 11) is -3.72. The van der Waals surface area contributed by atoms with E-state index >= 15 is 0 Å². The molecule has 0 aromatic heterocycles. The molecule has 7 nitrogen and oxygen atoms in total. The van der Waals surface area contributed by atoms with Crippen molar-refractivity contribution in [1.82, 2.24) is 14.5 Å². The van der Waals surface area contributed by atoms with Crippen LogP contribution in [0.2, 0.25) is 0 Å². The number of amides is 1. The van der Waals surface area contributed by atoms with Gasteiger partial charge in [0.15, 0.2) is 0 Å². The van der Waals surface area contributed by atoms with Gasteiger partial charge in [-0.25, -0.2) is 8.42 Å². The Balaban J connectivity index is 1.43. The van der Waals surface area contributed by atoms with Gasteiger partial charge in [0, 0.05) is 32.7 Å². The van der Waals surface area contributed by atoms with Crippen molar-refractivity contribution in [2.45, 2.75) is 23.8 Å². The highest BCUT2D eigenvalue weighted by Crippen LogP contribution is 2.28. The first-order valence-electron chi connectivity index (χ1n) is 10.1. The topological polar surface area (TPSA) is 79.0 Å². The summed E-state index contributed by atoms with van der Waals surface area (Å²) in [5.74, 6) is -0.208. The summed E-state index contributed by atoms with van der Waals surface area (Å²) < 4.78 is 33.2. The van der Waals surface area contributed by atoms with E-state index in [0.717, 1.165) is 30.4 Å². The SMILES string of the molecule is O=C(NCCN1CCOCC1)[C@H]1CCCN1S(=O)(=O)c1ccc2ccccc2c1. The number of rotatable bonds is 6. The molecule has 2 saturated heterocycles. The quantitative estimate of drug-likeness (QED) is 0.770. The molecule has 0 spiro atoms. The molecule has 1 atom stereocenters. The van der Waals surface area contributed by atoms with Crippen LogP contribution in [0.1, 0.15) is 12.8 Å². The van der Waals surface area contributed by atoms with Gasteiger partial charge in [-0.15, -0.1) is 0 Å². The molecule has 156 valence electrons. The lowest BCUT2D eigenvalue weighted by Crippen LogP contribution is -2.48. The second kappa shape index (κ2) is 8.79. The first kappa shape index (κ1) is 20.3. The number of nitrogens with one attached hydrogen (secondary N) is 1. The lowest BCUT2D eigenvalue weighted by Gasteiger charge is -2.27. The molecule has 1 amide bonds. The van der Waals surface area contributed by atoms with E-state index in [1.54, 1.807) is 12.1 Å². The minimum Gasteiger partial charge on any atom is -0.379 e. The first-order chi connectivity index (χ1) is 14.1. The van der Waals surface area contributed by atoms with Gasteiger partial charge in [0.2, 0.25) is 15.9 Å². The summed E-state index contributed by atoms with van der Waals surface area (Å²) >= 11 is 0. The summed E-state index contributed by atoms with van der Waals surface area (Å²) in [6, 6.07) is 12.2. The minimum absolute atomic E-state index is 0.208. The van der Waals surface area contributed by atoms with Crippen molar-refractivity contribution in [2.24, 2.45) is 0 Å². The number of fused-ring (bicyclic) bond motifs is 1. The van der Waals surface area contributed by atoms with E-state index in [-0.39, 0.29) is 10.8 Å². The molecule has 2 aromatic rings. The maximum Gasteiger partial charge on any atom is 0.243 e. The lowest BCUT2D eigenvalue weighted by molar-refractivity contribution is -0.124. The highest BCUT2D eigenvalue weighted by Gasteiger charge is 2.39. The molecule has 0 unspecified atom stereocenters. The maximum atomic E-state index is 13.2. The van der Waals surface area contributed by atoms with Gasteiger partial charge >= 0.3 is 0 Å². The zero-order valence-corrected chi connectivity index (χ0v) is 17.2. The molecule has 0 aliphatic carbocycles. The van der Waals surface area contributed by atoms with E-state index in [9.17, 15) is 13.2 Å². The monoisotopic (exact) mass is 417 g/mol. The number of morpholine rings is 1. The molecular formula is C21H27N3O4S. The van der Waals surface area contributed by atoms with Crippen LogP contribution in [0.4, 0.5) is 0 Å². The number of hydrogen-bond acceptors (Lipinski definition) is 5. The van der Waals surface area contributed by atoms with Crippen LogP contribution in [0.25, 0.3) is 10.8 Å². The predicted molar refractivity (Wildman–Crippen MR) is 111 cm³/mol. The molecule has 0 radical (unpaired) electrons. The molecule has 2 aliphatic rings. The Labute approximate surface area is 171 Å². The van der Waals surface area contributed by atoms with Crippen LogP contribution in [-0.4, -0.2) is 75.5 Å². The van der Waals surface area contributed by atoms with Gasteiger partial charge < -0.3 is 10.1 Å². The second-order valence-corrected chi connectivity index (χ2v) is 9.42. The van der Waals surface area contributed by atoms with Crippen molar-refractivity contribution < 1.29 is 17.9 Å². The third-order valence-corrected chi connectivity index (χ3v) is 7.57. The molecule has 2 aromatic carbocycles. The van der Waals surface area contributed by atoms with Gasteiger partial charge in [0.05, 0.1) is 18.1 Å². The average Bonchev–Trinajstić information content (AvgIpc) is 3.25. The third kappa shape index (κ3) is 4.45. The van der Waals surface area contributed by atoms with Crippen LogP contribution in [-0.2, 0) is 19.6 Å². The van der Waals surface area contributed by atoms with Crippen molar-refractivity contribution in [2.75, 3.05) is 45.9 Å². The molecule has 0 bridgehead atoms. The standard InChI is InChI=1S/C21H27N3O4S/c25-21(22-9-11-23-12-14-28-15-13-23)20-6-3-10-24(20)29(26,27)19-8-7-17-4-1-2-5-18(17)16-19/h1-2,4-5,7-8,16,20H,3,6,9-15H2,(H,22,25)/t20-/m1/s1. The fourth-order valence-corrected chi connectivity index (χ4v) is 5.73. The van der Waals surface area contributed by atoms with Crippen molar-refractivity contribution in [3.8, 4) is 0 Å². The van der Waals surface area contributed by atoms with Gasteiger partial charge in [-0.05, 0) is 35.7 Å². The number of benzene rings is 2. The van der Waals surface area contributed by atoms with Crippen LogP contribution in [0.3, 0.4) is 0 Å². The van der Waals surface area contributed by atoms with E-state index in [4.69, 9.17) is 4.74 Å². The molecule has 0 saturated carbocycles. The lowest BCUT2D eigenvalue weighted by atomic mass is 10.1. The smallest absolute Gasteiger partial charge is 0.243 e. The van der Waals surface area contributed by atoms with Crippen LogP contribution in [0.15, 0.2) is 47.4 Å². The summed E-state index contributed by atoms with van der Waals surface area (Å²) in [4.78, 5) is 15.2. The summed E-state index contributed by atoms with van der Waals surface area (Å²) in [5, 5.41) is 4.79. The van der Waals surface area contributed by atoms with Gasteiger partial charge in [-0.2, -0.15) is 4.31 Å². The Hall–Kier alpha value is -2.00. The number of hydrogen-bond donors (Lipinski definition) is 1. The molecule has 2 fully saturated rings. The number of carbonyl (C=O) groups is 1. The highest BCUT2D eigenvalue weighted by molar-refractivity contribution is 7.89. The van der Waals surface area contributed by atoms with Crippen molar-refractivity contribution >= 4 is 26.7 Å². The van der Waals surface area contributed by atoms with Gasteiger partial charge in [0.1, 0.15) is 6.04 Å². The second-order valence-electron chi connectivity index (χ2n) is 7.53. The fourth-order valence-electron chi connectivity index (χ4n) is 4.03. The van der Waals surface area contributed by atoms with Crippen LogP contribution >= 0.6 is 0 Å². The van der Waals surface area contributed by atoms with E-state index in [2.05, 4.69) is 10.2 Å². The zero-order chi connectivity index (χ0) is 20.3. The van der Waals surface area contributed by atoms with E-state index < -0.39 is 16.1 Å². The number of carbonyl (C=O) groups excluding carboxylic acids is 1. The summed E-state index contributed by atoms with van der Waals surface area (Å²) in [5.41, 5.74) is 0. The largest absolute Gasteiger partial charge is 0.379 e. The third-order valence-electron chi connectivity index (χ3n) is 5.66. The van der Waals surface area contributed by atoms with Gasteiger partial charge in [-0.1, -0.05) is 30.3 Å². The molecule has 8 heteroatoms. The van der Waals surface area contributed by atoms with Gasteiger partial charge in [-0.3, -0.25) is 9.69 Å². The van der Waals surface area contributed by atoms with E-state index in [1.807, 2.05) is 30.3 Å². The zero-order valence-electron chi connectivity index (χ0n) is 16.4. The Kier molecular flexibility index (Phi) is 6.15.